The molecule has 4 aromatic heterocycles. The Kier molecular flexibility index (Phi) is 16.0. The summed E-state index contributed by atoms with van der Waals surface area (Å²) >= 11 is 0. The zero-order chi connectivity index (χ0) is 49.2. The van der Waals surface area contributed by atoms with E-state index in [1.165, 1.54) is 60.8 Å². The van der Waals surface area contributed by atoms with Crippen LogP contribution in [0.1, 0.15) is 38.5 Å². The zero-order valence-electron chi connectivity index (χ0n) is 31.5. The molecule has 0 aromatic carbocycles. The van der Waals surface area contributed by atoms with E-state index in [0.717, 1.165) is 13.1 Å². The van der Waals surface area contributed by atoms with Gasteiger partial charge in [0.25, 0.3) is 0 Å². The van der Waals surface area contributed by atoms with Crippen LogP contribution >= 0.6 is 31.2 Å². The number of nitrogens with zero attached hydrogens (tertiary/aromatic N) is 4. The SMILES string of the molecule is C[n+]1ccc(-c2cc[n+](CCCCCCCC[n+]3ccc(-c4cc[n+](C)cc4)cc3)cc2)cc1.F[P-](F)(F)(F)(F)F.F[P-](F)(F)(F)(F)F.F[P-](F)(F)(F)(F)F.F[P-](F)(F)(F)(F)F. The van der Waals surface area contributed by atoms with Crippen LogP contribution in [0, 0.1) is 0 Å². The maximum atomic E-state index is 9.87. The van der Waals surface area contributed by atoms with E-state index in [1.807, 2.05) is 14.1 Å². The topological polar surface area (TPSA) is 15.5 Å². The Bertz CT molecular complexity index is 1770. The summed E-state index contributed by atoms with van der Waals surface area (Å²) in [6.07, 6.45) is 25.0. The third kappa shape index (κ3) is 56.6. The molecule has 4 heterocycles. The van der Waals surface area contributed by atoms with Crippen molar-refractivity contribution in [1.29, 1.82) is 0 Å². The molecule has 366 valence electrons. The van der Waals surface area contributed by atoms with E-state index in [2.05, 4.69) is 116 Å². The summed E-state index contributed by atoms with van der Waals surface area (Å²) in [6, 6.07) is 17.5. The average Bonchev–Trinajstić information content (AvgIpc) is 2.98. The van der Waals surface area contributed by atoms with Gasteiger partial charge in [0, 0.05) is 61.4 Å². The van der Waals surface area contributed by atoms with Crippen LogP contribution in [0.2, 0.25) is 0 Å². The van der Waals surface area contributed by atoms with Crippen molar-refractivity contribution in [2.24, 2.45) is 14.1 Å². The molecule has 4 aromatic rings. The fraction of sp³-hybridized carbons (Fsp3) is 0.333. The second kappa shape index (κ2) is 16.9. The van der Waals surface area contributed by atoms with E-state index in [4.69, 9.17) is 0 Å². The summed E-state index contributed by atoms with van der Waals surface area (Å²) in [7, 11) is -38.5. The van der Waals surface area contributed by atoms with Gasteiger partial charge >= 0.3 is 132 Å². The van der Waals surface area contributed by atoms with Crippen molar-refractivity contribution in [3.8, 4) is 22.3 Å². The number of rotatable bonds is 11. The molecule has 0 spiro atoms. The van der Waals surface area contributed by atoms with Crippen molar-refractivity contribution in [3.05, 3.63) is 98.1 Å². The Morgan fingerprint density at radius 1 is 0.274 bits per heavy atom. The van der Waals surface area contributed by atoms with E-state index in [0.29, 0.717) is 0 Å². The Morgan fingerprint density at radius 2 is 0.419 bits per heavy atom. The summed E-state index contributed by atoms with van der Waals surface area (Å²) in [5, 5.41) is 0. The molecule has 62 heavy (non-hydrogen) atoms. The molecule has 0 aliphatic rings. The van der Waals surface area contributed by atoms with Crippen LogP contribution in [0.25, 0.3) is 22.3 Å². The van der Waals surface area contributed by atoms with Crippen LogP contribution in [0.3, 0.4) is 0 Å². The summed E-state index contributed by atoms with van der Waals surface area (Å²) in [4.78, 5) is 0. The molecule has 0 saturated carbocycles. The third-order valence-electron chi connectivity index (χ3n) is 6.49. The van der Waals surface area contributed by atoms with E-state index < -0.39 is 31.2 Å². The van der Waals surface area contributed by atoms with Crippen LogP contribution in [-0.4, -0.2) is 0 Å². The Balaban J connectivity index is 0.00000107. The van der Waals surface area contributed by atoms with Gasteiger partial charge in [-0.15, -0.1) is 0 Å². The van der Waals surface area contributed by atoms with Crippen molar-refractivity contribution in [2.45, 2.75) is 51.6 Å². The van der Waals surface area contributed by atoms with Gasteiger partial charge in [0.2, 0.25) is 0 Å². The molecule has 0 bridgehead atoms. The first-order chi connectivity index (χ1) is 26.5. The van der Waals surface area contributed by atoms with Gasteiger partial charge in [0.15, 0.2) is 49.6 Å². The number of hydrogen-bond acceptors (Lipinski definition) is 0. The van der Waals surface area contributed by atoms with Crippen LogP contribution in [0.15, 0.2) is 98.1 Å². The van der Waals surface area contributed by atoms with Gasteiger partial charge in [-0.2, -0.15) is 0 Å². The quantitative estimate of drug-likeness (QED) is 0.0616. The van der Waals surface area contributed by atoms with Crippen LogP contribution < -0.4 is 18.3 Å². The first-order valence-electron chi connectivity index (χ1n) is 16.6. The molecule has 0 aliphatic carbocycles. The molecule has 0 fully saturated rings. The number of unbranched alkanes of at least 4 members (excludes halogenated alkanes) is 5. The van der Waals surface area contributed by atoms with Gasteiger partial charge < -0.3 is 0 Å². The monoisotopic (exact) mass is 1030 g/mol. The predicted octanol–water partition coefficient (Wildman–Crippen LogP) is 17.8. The van der Waals surface area contributed by atoms with E-state index in [-0.39, 0.29) is 0 Å². The standard InChI is InChI=1S/C30H38N4.4F6P/c1-31-19-9-27(10-20-31)29-13-23-33(24-14-29)17-7-5-3-4-6-8-18-34-25-15-30(16-26-34)28-11-21-32(2)22-12-28;4*1-7(2,3,4,5)6/h9-16,19-26H,3-8,17-18H2,1-2H3;;;;/q+4;4*-1. The second-order valence-corrected chi connectivity index (χ2v) is 20.8. The number of hydrogen-bond donors (Lipinski definition) is 0. The Hall–Kier alpha value is -3.36. The van der Waals surface area contributed by atoms with E-state index in [9.17, 15) is 101 Å². The van der Waals surface area contributed by atoms with Gasteiger partial charge in [-0.1, -0.05) is 12.8 Å². The maximum absolute atomic E-state index is 10.7. The van der Waals surface area contributed by atoms with Gasteiger partial charge in [0.05, 0.1) is 0 Å². The summed E-state index contributed by atoms with van der Waals surface area (Å²) < 4.78 is 246. The Labute approximate surface area is 336 Å². The van der Waals surface area contributed by atoms with Gasteiger partial charge in [-0.05, 0) is 35.1 Å². The average molecular weight is 1030 g/mol. The Morgan fingerprint density at radius 3 is 0.597 bits per heavy atom. The van der Waals surface area contributed by atoms with Crippen LogP contribution in [0.5, 0.6) is 0 Å². The van der Waals surface area contributed by atoms with Gasteiger partial charge in [0.1, 0.15) is 27.2 Å². The molecule has 0 aliphatic heterocycles. The number of pyridine rings is 4. The van der Waals surface area contributed by atoms with Gasteiger partial charge in [-0.25, -0.2) is 18.3 Å². The predicted molar refractivity (Wildman–Crippen MR) is 188 cm³/mol. The molecule has 4 rings (SSSR count). The molecule has 0 saturated heterocycles. The minimum absolute atomic E-state index is 1.10. The number of halogens is 24. The fourth-order valence-corrected chi connectivity index (χ4v) is 4.28. The minimum atomic E-state index is -10.7. The van der Waals surface area contributed by atoms with Gasteiger partial charge in [-0.3, -0.25) is 0 Å². The van der Waals surface area contributed by atoms with Crippen molar-refractivity contribution < 1.29 is 119 Å². The molecule has 0 radical (unpaired) electrons. The molecule has 32 heteroatoms. The van der Waals surface area contributed by atoms with E-state index >= 15 is 0 Å². The van der Waals surface area contributed by atoms with Crippen molar-refractivity contribution in [3.63, 3.8) is 0 Å². The molecule has 0 unspecified atom stereocenters. The zero-order valence-corrected chi connectivity index (χ0v) is 35.1. The molecular weight excluding hydrogens is 996 g/mol. The molecular formula is C30H38F24N4P4. The molecule has 0 atom stereocenters. The summed E-state index contributed by atoms with van der Waals surface area (Å²) in [5.41, 5.74) is 5.09. The number of aryl methyl sites for hydroxylation is 4. The molecule has 4 nitrogen and oxygen atoms in total. The normalized spacial score (nSPS) is 16.5. The number of aromatic nitrogens is 4. The second-order valence-electron chi connectivity index (χ2n) is 13.1. The van der Waals surface area contributed by atoms with E-state index in [1.54, 1.807) is 0 Å². The summed E-state index contributed by atoms with van der Waals surface area (Å²) in [6.45, 7) is 2.21. The third-order valence-corrected chi connectivity index (χ3v) is 6.49. The first-order valence-corrected chi connectivity index (χ1v) is 24.7. The van der Waals surface area contributed by atoms with Crippen molar-refractivity contribution in [1.82, 2.24) is 0 Å². The van der Waals surface area contributed by atoms with Crippen LogP contribution in [-0.2, 0) is 27.2 Å². The fourth-order valence-electron chi connectivity index (χ4n) is 4.28. The molecule has 0 amide bonds. The van der Waals surface area contributed by atoms with Crippen LogP contribution in [0.4, 0.5) is 101 Å². The first kappa shape index (κ1) is 58.6. The van der Waals surface area contributed by atoms with Crippen molar-refractivity contribution in [2.75, 3.05) is 0 Å². The summed E-state index contributed by atoms with van der Waals surface area (Å²) in [5.74, 6) is 0. The van der Waals surface area contributed by atoms with Crippen molar-refractivity contribution >= 4 is 31.2 Å². The molecule has 0 N–H and O–H groups in total.